The standard InChI is InChI=1S/C34H48N6O9S/c1-33(2,3)49-31(44)35-26-16-10-8-6-7-9-15-24-18-34(24,30(43)37-50(46,47)38(4)5)36-28(41)27-17-25(21-40(27)29(26)42)48-32(45)39-19-22-13-11-12-14-23(22)20-39/h9,11-15,24-27H,6-8,10,16-21H2,1-5H3,(H,35,44)(H,36,41)(H,37,43)/b15-9-/t24-,25+,26-,27-,34+/m0/s1/i4D3,5D3. The lowest BCUT2D eigenvalue weighted by Crippen LogP contribution is -2.58. The predicted molar refractivity (Wildman–Crippen MR) is 181 cm³/mol. The molecule has 3 heterocycles. The summed E-state index contributed by atoms with van der Waals surface area (Å²) < 4.78 is 83.6. The van der Waals surface area contributed by atoms with E-state index >= 15 is 0 Å². The first-order valence-electron chi connectivity index (χ1n) is 19.6. The second-order valence-electron chi connectivity index (χ2n) is 14.1. The molecular formula is C34H48N6O9S. The molecule has 5 amide bonds. The van der Waals surface area contributed by atoms with Crippen LogP contribution in [0.5, 0.6) is 0 Å². The summed E-state index contributed by atoms with van der Waals surface area (Å²) in [7, 11) is -5.53. The number of hydrogen-bond donors (Lipinski definition) is 3. The molecule has 3 aliphatic heterocycles. The van der Waals surface area contributed by atoms with E-state index in [2.05, 4.69) is 10.6 Å². The Morgan fingerprint density at radius 3 is 2.44 bits per heavy atom. The number of nitrogens with zero attached hydrogens (tertiary/aromatic N) is 3. The summed E-state index contributed by atoms with van der Waals surface area (Å²) >= 11 is 0. The lowest BCUT2D eigenvalue weighted by molar-refractivity contribution is -0.141. The summed E-state index contributed by atoms with van der Waals surface area (Å²) in [6, 6.07) is 4.92. The Hall–Kier alpha value is -4.18. The van der Waals surface area contributed by atoms with E-state index in [1.165, 1.54) is 4.90 Å². The van der Waals surface area contributed by atoms with Crippen LogP contribution in [0.25, 0.3) is 0 Å². The van der Waals surface area contributed by atoms with Crippen molar-refractivity contribution in [1.82, 2.24) is 29.5 Å². The van der Waals surface area contributed by atoms with Crippen LogP contribution in [-0.4, -0.2) is 102 Å². The number of hydrogen-bond acceptors (Lipinski definition) is 9. The quantitative estimate of drug-likeness (QED) is 0.384. The number of amides is 5. The van der Waals surface area contributed by atoms with Gasteiger partial charge in [0.2, 0.25) is 11.8 Å². The lowest BCUT2D eigenvalue weighted by atomic mass is 10.0. The number of carbonyl (C=O) groups is 5. The Balaban J connectivity index is 1.44. The van der Waals surface area contributed by atoms with Crippen molar-refractivity contribution in [3.63, 3.8) is 0 Å². The third-order valence-corrected chi connectivity index (χ3v) is 10.1. The minimum Gasteiger partial charge on any atom is -0.444 e. The van der Waals surface area contributed by atoms with Crippen molar-refractivity contribution in [2.75, 3.05) is 20.5 Å². The van der Waals surface area contributed by atoms with Crippen molar-refractivity contribution in [1.29, 1.82) is 0 Å². The van der Waals surface area contributed by atoms with Crippen LogP contribution in [-0.2, 0) is 47.2 Å². The minimum absolute atomic E-state index is 0.143. The van der Waals surface area contributed by atoms with Crippen molar-refractivity contribution in [3.05, 3.63) is 47.5 Å². The molecule has 0 bridgehead atoms. The maximum atomic E-state index is 14.3. The smallest absolute Gasteiger partial charge is 0.410 e. The summed E-state index contributed by atoms with van der Waals surface area (Å²) in [4.78, 5) is 71.4. The van der Waals surface area contributed by atoms with E-state index in [0.717, 1.165) is 16.0 Å². The van der Waals surface area contributed by atoms with Crippen LogP contribution >= 0.6 is 0 Å². The lowest BCUT2D eigenvalue weighted by Gasteiger charge is -2.30. The summed E-state index contributed by atoms with van der Waals surface area (Å²) in [6.07, 6.45) is 2.85. The van der Waals surface area contributed by atoms with E-state index in [4.69, 9.17) is 17.7 Å². The highest BCUT2D eigenvalue weighted by atomic mass is 32.2. The molecule has 1 saturated heterocycles. The van der Waals surface area contributed by atoms with Crippen LogP contribution in [0.3, 0.4) is 0 Å². The van der Waals surface area contributed by atoms with E-state index < -0.39 is 93.6 Å². The summed E-state index contributed by atoms with van der Waals surface area (Å²) in [5, 5.41) is 5.19. The number of allylic oxidation sites excluding steroid dienone is 1. The number of fused-ring (bicyclic) bond motifs is 3. The molecule has 0 unspecified atom stereocenters. The molecule has 0 radical (unpaired) electrons. The normalized spacial score (nSPS) is 30.2. The minimum atomic E-state index is -5.53. The van der Waals surface area contributed by atoms with Gasteiger partial charge in [-0.3, -0.25) is 19.3 Å². The summed E-state index contributed by atoms with van der Waals surface area (Å²) in [6.45, 7) is -2.14. The molecule has 2 fully saturated rings. The van der Waals surface area contributed by atoms with Gasteiger partial charge in [0.05, 0.1) is 6.54 Å². The molecule has 15 nitrogen and oxygen atoms in total. The molecule has 16 heteroatoms. The van der Waals surface area contributed by atoms with Crippen LogP contribution in [0, 0.1) is 5.92 Å². The Bertz CT molecular complexity index is 1810. The van der Waals surface area contributed by atoms with Gasteiger partial charge in [-0.2, -0.15) is 12.7 Å². The van der Waals surface area contributed by atoms with Gasteiger partial charge >= 0.3 is 22.4 Å². The van der Waals surface area contributed by atoms with Gasteiger partial charge in [0.15, 0.2) is 0 Å². The molecule has 5 atom stereocenters. The maximum Gasteiger partial charge on any atom is 0.410 e. The molecule has 1 aromatic carbocycles. The largest absolute Gasteiger partial charge is 0.444 e. The van der Waals surface area contributed by atoms with Crippen LogP contribution in [0.4, 0.5) is 9.59 Å². The monoisotopic (exact) mass is 722 g/mol. The second-order valence-corrected chi connectivity index (χ2v) is 15.6. The SMILES string of the molecule is [2H]C([2H])([2H])N(C([2H])([2H])[2H])S(=O)(=O)NC(=O)[C@@]12C[C@@H]1/C=C\CCCCC[C@H](NC(=O)OC(C)(C)C)C(=O)N1C[C@H](OC(=O)N3Cc4ccccc4C3)C[C@H]1C(=O)N2. The first kappa shape index (κ1) is 29.5. The molecule has 4 aliphatic rings. The fraction of sp³-hybridized carbons (Fsp3) is 0.618. The molecule has 5 rings (SSSR count). The topological polar surface area (TPSA) is 184 Å². The highest BCUT2D eigenvalue weighted by Crippen LogP contribution is 2.45. The first-order valence-corrected chi connectivity index (χ1v) is 18.0. The van der Waals surface area contributed by atoms with E-state index in [0.29, 0.717) is 25.7 Å². The number of benzene rings is 1. The Morgan fingerprint density at radius 1 is 1.08 bits per heavy atom. The number of rotatable bonds is 5. The third-order valence-electron chi connectivity index (χ3n) is 9.16. The van der Waals surface area contributed by atoms with Gasteiger partial charge in [-0.1, -0.05) is 49.3 Å². The predicted octanol–water partition coefficient (Wildman–Crippen LogP) is 2.32. The van der Waals surface area contributed by atoms with E-state index in [1.807, 2.05) is 24.3 Å². The third kappa shape index (κ3) is 8.57. The van der Waals surface area contributed by atoms with E-state index in [-0.39, 0.29) is 38.9 Å². The molecule has 1 saturated carbocycles. The maximum absolute atomic E-state index is 14.3. The highest BCUT2D eigenvalue weighted by molar-refractivity contribution is 7.87. The molecule has 0 spiro atoms. The van der Waals surface area contributed by atoms with Crippen LogP contribution in [0.15, 0.2) is 36.4 Å². The number of alkyl carbamates (subject to hydrolysis) is 1. The fourth-order valence-electron chi connectivity index (χ4n) is 6.55. The number of ether oxygens (including phenoxy) is 2. The van der Waals surface area contributed by atoms with Gasteiger partial charge in [-0.15, -0.1) is 0 Å². The molecular weight excluding hydrogens is 668 g/mol. The van der Waals surface area contributed by atoms with Crippen LogP contribution in [0.2, 0.25) is 0 Å². The Labute approximate surface area is 301 Å². The van der Waals surface area contributed by atoms with Gasteiger partial charge in [-0.25, -0.2) is 14.3 Å². The van der Waals surface area contributed by atoms with Crippen molar-refractivity contribution in [2.24, 2.45) is 5.92 Å². The van der Waals surface area contributed by atoms with Gasteiger partial charge in [0.25, 0.3) is 5.91 Å². The van der Waals surface area contributed by atoms with Crippen molar-refractivity contribution >= 4 is 40.1 Å². The molecule has 3 N–H and O–H groups in total. The number of nitrogens with one attached hydrogen (secondary N) is 3. The zero-order valence-electron chi connectivity index (χ0n) is 34.3. The Kier molecular flexibility index (Phi) is 8.62. The van der Waals surface area contributed by atoms with Gasteiger partial charge < -0.3 is 25.0 Å². The van der Waals surface area contributed by atoms with E-state index in [1.54, 1.807) is 37.6 Å². The number of carbonyl (C=O) groups excluding carboxylic acids is 5. The van der Waals surface area contributed by atoms with Crippen LogP contribution < -0.4 is 15.4 Å². The molecule has 50 heavy (non-hydrogen) atoms. The summed E-state index contributed by atoms with van der Waals surface area (Å²) in [5.41, 5.74) is -1.01. The average molecular weight is 723 g/mol. The summed E-state index contributed by atoms with van der Waals surface area (Å²) in [5.74, 6) is -3.79. The molecule has 1 aliphatic carbocycles. The van der Waals surface area contributed by atoms with Gasteiger partial charge in [-0.05, 0) is 57.6 Å². The van der Waals surface area contributed by atoms with Gasteiger partial charge in [0.1, 0.15) is 29.3 Å². The second kappa shape index (κ2) is 14.6. The molecule has 1 aromatic rings. The Morgan fingerprint density at radius 2 is 1.78 bits per heavy atom. The first-order chi connectivity index (χ1) is 25.9. The zero-order valence-corrected chi connectivity index (χ0v) is 29.1. The van der Waals surface area contributed by atoms with Gasteiger partial charge in [0, 0.05) is 47.6 Å². The fourth-order valence-corrected chi connectivity index (χ4v) is 7.06. The molecule has 0 aromatic heterocycles. The van der Waals surface area contributed by atoms with Crippen LogP contribution in [0.1, 0.15) is 85.1 Å². The highest BCUT2D eigenvalue weighted by Gasteiger charge is 2.62. The van der Waals surface area contributed by atoms with Crippen molar-refractivity contribution in [3.8, 4) is 0 Å². The average Bonchev–Trinajstić information content (AvgIpc) is 3.35. The molecule has 274 valence electrons. The van der Waals surface area contributed by atoms with Crippen molar-refractivity contribution in [2.45, 2.75) is 108 Å². The zero-order chi connectivity index (χ0) is 41.4. The van der Waals surface area contributed by atoms with E-state index in [9.17, 15) is 32.4 Å². The van der Waals surface area contributed by atoms with Crippen molar-refractivity contribution < 1.29 is 50.1 Å².